The summed E-state index contributed by atoms with van der Waals surface area (Å²) < 4.78 is 0. The molecule has 5 heteroatoms. The van der Waals surface area contributed by atoms with E-state index in [9.17, 15) is 14.9 Å². The minimum atomic E-state index is -0.455. The average molecular weight is 194 g/mol. The van der Waals surface area contributed by atoms with Crippen molar-refractivity contribution in [1.29, 1.82) is 0 Å². The monoisotopic (exact) mass is 194 g/mol. The van der Waals surface area contributed by atoms with E-state index in [0.717, 1.165) is 12.0 Å². The number of carbonyl (C=O) groups is 1. The molecule has 5 nitrogen and oxygen atoms in total. The number of benzene rings is 1. The highest BCUT2D eigenvalue weighted by Crippen LogP contribution is 2.17. The molecule has 0 aliphatic carbocycles. The van der Waals surface area contributed by atoms with Crippen LogP contribution in [0.4, 0.5) is 11.4 Å². The van der Waals surface area contributed by atoms with Crippen molar-refractivity contribution in [2.75, 3.05) is 18.5 Å². The zero-order valence-electron chi connectivity index (χ0n) is 7.71. The molecule has 0 heterocycles. The van der Waals surface area contributed by atoms with E-state index >= 15 is 0 Å². The van der Waals surface area contributed by atoms with Crippen LogP contribution in [0, 0.1) is 10.1 Å². The van der Waals surface area contributed by atoms with Crippen LogP contribution in [-0.2, 0) is 4.79 Å². The third-order valence-electron chi connectivity index (χ3n) is 1.85. The second kappa shape index (κ2) is 4.36. The highest BCUT2D eigenvalue weighted by Gasteiger charge is 2.05. The molecule has 74 valence electrons. The van der Waals surface area contributed by atoms with Crippen LogP contribution in [0.1, 0.15) is 0 Å². The molecule has 0 atom stereocenters. The van der Waals surface area contributed by atoms with Gasteiger partial charge in [-0.15, -0.1) is 0 Å². The topological polar surface area (TPSA) is 63.5 Å². The molecule has 0 aliphatic rings. The van der Waals surface area contributed by atoms with Crippen LogP contribution in [0.3, 0.4) is 0 Å². The number of likely N-dealkylation sites (N-methyl/N-ethyl adjacent to an activating group) is 1. The molecular weight excluding hydrogens is 184 g/mol. The summed E-state index contributed by atoms with van der Waals surface area (Å²) in [7, 11) is 1.75. The first kappa shape index (κ1) is 10.2. The lowest BCUT2D eigenvalue weighted by Crippen LogP contribution is -2.18. The Morgan fingerprint density at radius 1 is 1.43 bits per heavy atom. The SMILES string of the molecule is CN(CC=O)c1ccc([N+](=O)[O-])cc1. The van der Waals surface area contributed by atoms with Crippen LogP contribution >= 0.6 is 0 Å². The Morgan fingerprint density at radius 2 is 2.00 bits per heavy atom. The number of aldehydes is 1. The van der Waals surface area contributed by atoms with Crippen molar-refractivity contribution in [2.45, 2.75) is 0 Å². The number of hydrogen-bond acceptors (Lipinski definition) is 4. The fraction of sp³-hybridized carbons (Fsp3) is 0.222. The van der Waals surface area contributed by atoms with E-state index < -0.39 is 4.92 Å². The molecule has 1 aromatic carbocycles. The number of anilines is 1. The summed E-state index contributed by atoms with van der Waals surface area (Å²) in [4.78, 5) is 21.8. The lowest BCUT2D eigenvalue weighted by Gasteiger charge is -2.14. The molecule has 14 heavy (non-hydrogen) atoms. The summed E-state index contributed by atoms with van der Waals surface area (Å²) in [5.74, 6) is 0. The van der Waals surface area contributed by atoms with Crippen LogP contribution in [0.15, 0.2) is 24.3 Å². The molecule has 0 radical (unpaired) electrons. The predicted octanol–water partition coefficient (Wildman–Crippen LogP) is 1.23. The van der Waals surface area contributed by atoms with Gasteiger partial charge in [-0.25, -0.2) is 0 Å². The van der Waals surface area contributed by atoms with E-state index in [1.54, 1.807) is 24.1 Å². The fourth-order valence-corrected chi connectivity index (χ4v) is 1.05. The number of hydrogen-bond donors (Lipinski definition) is 0. The van der Waals surface area contributed by atoms with Crippen molar-refractivity contribution in [3.8, 4) is 0 Å². The quantitative estimate of drug-likeness (QED) is 0.411. The van der Waals surface area contributed by atoms with Gasteiger partial charge in [0.25, 0.3) is 5.69 Å². The van der Waals surface area contributed by atoms with Crippen molar-refractivity contribution in [3.63, 3.8) is 0 Å². The minimum absolute atomic E-state index is 0.0493. The lowest BCUT2D eigenvalue weighted by atomic mass is 10.2. The van der Waals surface area contributed by atoms with Gasteiger partial charge < -0.3 is 9.69 Å². The number of rotatable bonds is 4. The van der Waals surface area contributed by atoms with Crippen molar-refractivity contribution < 1.29 is 9.72 Å². The molecule has 0 bridgehead atoms. The van der Waals surface area contributed by atoms with Gasteiger partial charge in [0, 0.05) is 24.9 Å². The van der Waals surface area contributed by atoms with Crippen molar-refractivity contribution in [1.82, 2.24) is 0 Å². The molecular formula is C9H10N2O3. The molecule has 0 aromatic heterocycles. The summed E-state index contributed by atoms with van der Waals surface area (Å²) in [5.41, 5.74) is 0.830. The Labute approximate surface area is 81.1 Å². The van der Waals surface area contributed by atoms with E-state index in [1.807, 2.05) is 0 Å². The second-order valence-corrected chi connectivity index (χ2v) is 2.82. The molecule has 0 saturated heterocycles. The zero-order valence-corrected chi connectivity index (χ0v) is 7.71. The molecule has 0 amide bonds. The van der Waals surface area contributed by atoms with Gasteiger partial charge >= 0.3 is 0 Å². The van der Waals surface area contributed by atoms with Crippen molar-refractivity contribution in [2.24, 2.45) is 0 Å². The van der Waals surface area contributed by atoms with Crippen molar-refractivity contribution in [3.05, 3.63) is 34.4 Å². The maximum Gasteiger partial charge on any atom is 0.269 e. The summed E-state index contributed by atoms with van der Waals surface area (Å²) in [6, 6.07) is 6.05. The van der Waals surface area contributed by atoms with E-state index in [-0.39, 0.29) is 12.2 Å². The van der Waals surface area contributed by atoms with Gasteiger partial charge in [0.1, 0.15) is 6.29 Å². The predicted molar refractivity (Wildman–Crippen MR) is 52.4 cm³/mol. The second-order valence-electron chi connectivity index (χ2n) is 2.82. The van der Waals surface area contributed by atoms with Gasteiger partial charge in [0.05, 0.1) is 11.5 Å². The van der Waals surface area contributed by atoms with Gasteiger partial charge in [-0.1, -0.05) is 0 Å². The molecule has 1 rings (SSSR count). The first-order valence-electron chi connectivity index (χ1n) is 4.04. The molecule has 0 saturated carbocycles. The molecule has 0 fully saturated rings. The van der Waals surface area contributed by atoms with E-state index in [1.165, 1.54) is 12.1 Å². The maximum atomic E-state index is 10.3. The molecule has 0 N–H and O–H groups in total. The minimum Gasteiger partial charge on any atom is -0.368 e. The summed E-state index contributed by atoms with van der Waals surface area (Å²) in [6.07, 6.45) is 0.779. The number of nitro benzene ring substituents is 1. The Morgan fingerprint density at radius 3 is 2.43 bits per heavy atom. The first-order valence-corrected chi connectivity index (χ1v) is 4.04. The van der Waals surface area contributed by atoms with Gasteiger partial charge in [-0.2, -0.15) is 0 Å². The number of nitrogens with zero attached hydrogens (tertiary/aromatic N) is 2. The lowest BCUT2D eigenvalue weighted by molar-refractivity contribution is -0.384. The van der Waals surface area contributed by atoms with E-state index in [4.69, 9.17) is 0 Å². The molecule has 1 aromatic rings. The normalized spacial score (nSPS) is 9.50. The molecule has 0 spiro atoms. The van der Waals surface area contributed by atoms with Crippen LogP contribution in [0.25, 0.3) is 0 Å². The fourth-order valence-electron chi connectivity index (χ4n) is 1.05. The van der Waals surface area contributed by atoms with Gasteiger partial charge in [0.2, 0.25) is 0 Å². The number of non-ortho nitro benzene ring substituents is 1. The Hall–Kier alpha value is -1.91. The largest absolute Gasteiger partial charge is 0.368 e. The number of carbonyl (C=O) groups excluding carboxylic acids is 1. The van der Waals surface area contributed by atoms with Gasteiger partial charge in [-0.05, 0) is 12.1 Å². The number of nitro groups is 1. The molecule has 0 aliphatic heterocycles. The Balaban J connectivity index is 2.82. The Kier molecular flexibility index (Phi) is 3.17. The smallest absolute Gasteiger partial charge is 0.269 e. The van der Waals surface area contributed by atoms with Crippen LogP contribution < -0.4 is 4.90 Å². The van der Waals surface area contributed by atoms with Crippen molar-refractivity contribution >= 4 is 17.7 Å². The third-order valence-corrected chi connectivity index (χ3v) is 1.85. The maximum absolute atomic E-state index is 10.3. The first-order chi connectivity index (χ1) is 6.65. The highest BCUT2D eigenvalue weighted by atomic mass is 16.6. The van der Waals surface area contributed by atoms with Crippen LogP contribution in [0.5, 0.6) is 0 Å². The standard InChI is InChI=1S/C9H10N2O3/c1-10(6-7-12)8-2-4-9(5-3-8)11(13)14/h2-5,7H,6H2,1H3. The van der Waals surface area contributed by atoms with Crippen LogP contribution in [-0.4, -0.2) is 24.8 Å². The summed E-state index contributed by atoms with van der Waals surface area (Å²) >= 11 is 0. The van der Waals surface area contributed by atoms with E-state index in [0.29, 0.717) is 0 Å². The van der Waals surface area contributed by atoms with Crippen LogP contribution in [0.2, 0.25) is 0 Å². The van der Waals surface area contributed by atoms with Gasteiger partial charge in [-0.3, -0.25) is 10.1 Å². The third kappa shape index (κ3) is 2.29. The molecule has 0 unspecified atom stereocenters. The Bertz CT molecular complexity index is 334. The zero-order chi connectivity index (χ0) is 10.6. The van der Waals surface area contributed by atoms with E-state index in [2.05, 4.69) is 0 Å². The highest BCUT2D eigenvalue weighted by molar-refractivity contribution is 5.61. The summed E-state index contributed by atoms with van der Waals surface area (Å²) in [6.45, 7) is 0.276. The van der Waals surface area contributed by atoms with Gasteiger partial charge in [0.15, 0.2) is 0 Å². The summed E-state index contributed by atoms with van der Waals surface area (Å²) in [5, 5.41) is 10.3. The average Bonchev–Trinajstić information content (AvgIpc) is 2.18.